The van der Waals surface area contributed by atoms with Crippen molar-refractivity contribution in [2.24, 2.45) is 10.7 Å². The van der Waals surface area contributed by atoms with E-state index in [1.807, 2.05) is 13.0 Å². The number of carbonyl (C=O) groups excluding carboxylic acids is 1. The third kappa shape index (κ3) is 4.81. The van der Waals surface area contributed by atoms with Crippen LogP contribution < -0.4 is 5.73 Å². The molecule has 2 aromatic rings. The Morgan fingerprint density at radius 1 is 1.33 bits per heavy atom. The SMILES string of the molecule is C=C/C(C=N)=C(N)\C(=C/C)C(=O)N=C1CCC(C)(c2cccc3nc(C(F)(F)F)cn23)CC1. The number of allylic oxidation sites excluding steroid dienone is 3. The Hall–Kier alpha value is -3.49. The summed E-state index contributed by atoms with van der Waals surface area (Å²) in [6, 6.07) is 5.09. The minimum atomic E-state index is -4.51. The van der Waals surface area contributed by atoms with Gasteiger partial charge in [-0.3, -0.25) is 4.79 Å². The molecule has 1 aliphatic carbocycles. The van der Waals surface area contributed by atoms with Crippen LogP contribution in [0.25, 0.3) is 5.65 Å². The molecule has 2 aromatic heterocycles. The lowest BCUT2D eigenvalue weighted by Crippen LogP contribution is -2.31. The van der Waals surface area contributed by atoms with E-state index in [0.29, 0.717) is 37.0 Å². The van der Waals surface area contributed by atoms with Crippen molar-refractivity contribution in [2.45, 2.75) is 51.1 Å². The molecule has 0 saturated heterocycles. The van der Waals surface area contributed by atoms with Gasteiger partial charge in [-0.05, 0) is 44.7 Å². The zero-order valence-electron chi connectivity index (χ0n) is 18.5. The van der Waals surface area contributed by atoms with Crippen LogP contribution in [-0.2, 0) is 16.4 Å². The van der Waals surface area contributed by atoms with Crippen molar-refractivity contribution in [1.82, 2.24) is 9.38 Å². The van der Waals surface area contributed by atoms with Crippen LogP contribution in [0.4, 0.5) is 13.2 Å². The van der Waals surface area contributed by atoms with Crippen LogP contribution in [0.3, 0.4) is 0 Å². The topological polar surface area (TPSA) is 96.6 Å². The molecule has 0 aromatic carbocycles. The number of pyridine rings is 1. The number of alkyl halides is 3. The molecule has 3 N–H and O–H groups in total. The lowest BCUT2D eigenvalue weighted by molar-refractivity contribution is -0.140. The highest BCUT2D eigenvalue weighted by molar-refractivity contribution is 6.07. The Morgan fingerprint density at radius 3 is 2.55 bits per heavy atom. The van der Waals surface area contributed by atoms with Gasteiger partial charge in [0.25, 0.3) is 5.91 Å². The maximum absolute atomic E-state index is 13.2. The molecule has 1 aliphatic rings. The van der Waals surface area contributed by atoms with Gasteiger partial charge in [-0.15, -0.1) is 0 Å². The van der Waals surface area contributed by atoms with Gasteiger partial charge in [-0.1, -0.05) is 31.7 Å². The molecule has 0 atom stereocenters. The molecule has 3 rings (SSSR count). The number of aliphatic imine (C=N–C) groups is 1. The van der Waals surface area contributed by atoms with Crippen molar-refractivity contribution in [2.75, 3.05) is 0 Å². The molecule has 0 unspecified atom stereocenters. The third-order valence-electron chi connectivity index (χ3n) is 6.09. The van der Waals surface area contributed by atoms with Crippen LogP contribution in [0, 0.1) is 5.41 Å². The molecule has 6 nitrogen and oxygen atoms in total. The fraction of sp³-hybridized carbons (Fsp3) is 0.333. The zero-order valence-corrected chi connectivity index (χ0v) is 18.5. The predicted molar refractivity (Wildman–Crippen MR) is 122 cm³/mol. The summed E-state index contributed by atoms with van der Waals surface area (Å²) in [6.45, 7) is 7.27. The molecule has 1 fully saturated rings. The number of hydrogen-bond acceptors (Lipinski definition) is 4. The van der Waals surface area contributed by atoms with Gasteiger partial charge in [-0.2, -0.15) is 13.2 Å². The van der Waals surface area contributed by atoms with Gasteiger partial charge in [0, 0.05) is 34.8 Å². The van der Waals surface area contributed by atoms with Crippen molar-refractivity contribution in [3.63, 3.8) is 0 Å². The first-order valence-corrected chi connectivity index (χ1v) is 10.5. The molecule has 174 valence electrons. The number of rotatable bonds is 5. The summed E-state index contributed by atoms with van der Waals surface area (Å²) >= 11 is 0. The Labute approximate surface area is 189 Å². The van der Waals surface area contributed by atoms with E-state index in [-0.39, 0.29) is 16.9 Å². The van der Waals surface area contributed by atoms with Gasteiger partial charge in [0.05, 0.1) is 11.3 Å². The van der Waals surface area contributed by atoms with Crippen LogP contribution in [0.2, 0.25) is 0 Å². The highest BCUT2D eigenvalue weighted by Crippen LogP contribution is 2.39. The normalized spacial score (nSPS) is 20.4. The van der Waals surface area contributed by atoms with Gasteiger partial charge >= 0.3 is 6.18 Å². The van der Waals surface area contributed by atoms with Crippen LogP contribution >= 0.6 is 0 Å². The Kier molecular flexibility index (Phi) is 6.71. The van der Waals surface area contributed by atoms with Crippen molar-refractivity contribution in [1.29, 1.82) is 5.41 Å². The molecule has 0 spiro atoms. The second kappa shape index (κ2) is 9.17. The Balaban J connectivity index is 1.84. The van der Waals surface area contributed by atoms with E-state index in [0.717, 1.165) is 18.1 Å². The fourth-order valence-corrected chi connectivity index (χ4v) is 4.10. The summed E-state index contributed by atoms with van der Waals surface area (Å²) in [7, 11) is 0. The highest BCUT2D eigenvalue weighted by atomic mass is 19.4. The largest absolute Gasteiger partial charge is 0.434 e. The van der Waals surface area contributed by atoms with E-state index in [2.05, 4.69) is 16.6 Å². The smallest absolute Gasteiger partial charge is 0.398 e. The van der Waals surface area contributed by atoms with E-state index < -0.39 is 23.2 Å². The second-order valence-electron chi connectivity index (χ2n) is 8.23. The number of aromatic nitrogens is 2. The molecule has 1 saturated carbocycles. The van der Waals surface area contributed by atoms with E-state index in [4.69, 9.17) is 11.1 Å². The fourth-order valence-electron chi connectivity index (χ4n) is 4.10. The summed E-state index contributed by atoms with van der Waals surface area (Å²) in [4.78, 5) is 20.7. The second-order valence-corrected chi connectivity index (χ2v) is 8.23. The van der Waals surface area contributed by atoms with E-state index in [9.17, 15) is 18.0 Å². The average Bonchev–Trinajstić information content (AvgIpc) is 3.22. The molecular formula is C24H26F3N5O. The van der Waals surface area contributed by atoms with E-state index >= 15 is 0 Å². The molecule has 0 bridgehead atoms. The molecule has 9 heteroatoms. The maximum atomic E-state index is 13.2. The van der Waals surface area contributed by atoms with E-state index in [1.165, 1.54) is 10.5 Å². The van der Waals surface area contributed by atoms with Crippen molar-refractivity contribution in [3.8, 4) is 0 Å². The molecule has 0 aliphatic heterocycles. The summed E-state index contributed by atoms with van der Waals surface area (Å²) < 4.78 is 41.0. The van der Waals surface area contributed by atoms with Crippen molar-refractivity contribution in [3.05, 3.63) is 71.4 Å². The summed E-state index contributed by atoms with van der Waals surface area (Å²) in [5.41, 5.74) is 7.09. The minimum absolute atomic E-state index is 0.143. The Bertz CT molecular complexity index is 1180. The Morgan fingerprint density at radius 2 is 2.00 bits per heavy atom. The molecule has 33 heavy (non-hydrogen) atoms. The van der Waals surface area contributed by atoms with E-state index in [1.54, 1.807) is 25.1 Å². The van der Waals surface area contributed by atoms with Crippen molar-refractivity contribution >= 4 is 23.5 Å². The summed E-state index contributed by atoms with van der Waals surface area (Å²) in [5.74, 6) is -0.485. The highest BCUT2D eigenvalue weighted by Gasteiger charge is 2.37. The summed E-state index contributed by atoms with van der Waals surface area (Å²) in [5, 5.41) is 7.39. The van der Waals surface area contributed by atoms with Crippen molar-refractivity contribution < 1.29 is 18.0 Å². The third-order valence-corrected chi connectivity index (χ3v) is 6.09. The first-order chi connectivity index (χ1) is 15.5. The van der Waals surface area contributed by atoms with Crippen LogP contribution in [0.1, 0.15) is 50.9 Å². The number of hydrogen-bond donors (Lipinski definition) is 2. The van der Waals surface area contributed by atoms with Crippen LogP contribution in [-0.4, -0.2) is 27.2 Å². The molecular weight excluding hydrogens is 431 g/mol. The number of amides is 1. The average molecular weight is 458 g/mol. The lowest BCUT2D eigenvalue weighted by Gasteiger charge is -2.35. The number of nitrogens with zero attached hydrogens (tertiary/aromatic N) is 3. The maximum Gasteiger partial charge on any atom is 0.434 e. The first kappa shape index (κ1) is 24.2. The summed E-state index contributed by atoms with van der Waals surface area (Å²) in [6.07, 6.45) is 2.80. The van der Waals surface area contributed by atoms with Gasteiger partial charge in [-0.25, -0.2) is 9.98 Å². The number of nitrogens with one attached hydrogen (secondary N) is 1. The number of imidazole rings is 1. The van der Waals surface area contributed by atoms with Gasteiger partial charge in [0.2, 0.25) is 0 Å². The predicted octanol–water partition coefficient (Wildman–Crippen LogP) is 5.15. The van der Waals surface area contributed by atoms with Gasteiger partial charge < -0.3 is 15.5 Å². The minimum Gasteiger partial charge on any atom is -0.398 e. The van der Waals surface area contributed by atoms with Gasteiger partial charge in [0.15, 0.2) is 5.69 Å². The molecule has 1 amide bonds. The van der Waals surface area contributed by atoms with Crippen LogP contribution in [0.5, 0.6) is 0 Å². The lowest BCUT2D eigenvalue weighted by atomic mass is 9.72. The number of halogens is 3. The van der Waals surface area contributed by atoms with Gasteiger partial charge in [0.1, 0.15) is 5.65 Å². The monoisotopic (exact) mass is 457 g/mol. The standard InChI is InChI=1S/C24H26F3N5O/c1-4-15(13-28)21(29)17(5-2)22(33)30-16-9-11-23(3,12-10-16)19-7-6-8-20-31-18(14-32(19)20)24(25,26)27/h4-8,13-14,28H,1,9-12,29H2,2-3H3/b17-5+,21-15-,28-13?,30-16?. The molecule has 2 heterocycles. The number of carbonyl (C=O) groups is 1. The number of fused-ring (bicyclic) bond motifs is 1. The van der Waals surface area contributed by atoms with Crippen LogP contribution in [0.15, 0.2) is 65.0 Å². The molecule has 0 radical (unpaired) electrons. The number of nitrogens with two attached hydrogens (primary N) is 1. The zero-order chi connectivity index (χ0) is 24.4. The first-order valence-electron chi connectivity index (χ1n) is 10.5. The quantitative estimate of drug-likeness (QED) is 0.369.